The third kappa shape index (κ3) is 5.91. The Balaban J connectivity index is 2.32. The standard InChI is InChI=1S/C13H20BrNOS/c1-10(7-8-16-2)13(15)9-17-12-5-3-11(14)4-6-12/h3-6,10,13H,7-9,15H2,1-2H3. The molecule has 0 spiro atoms. The largest absolute Gasteiger partial charge is 0.385 e. The van der Waals surface area contributed by atoms with Crippen LogP contribution in [0, 0.1) is 5.92 Å². The maximum atomic E-state index is 6.15. The summed E-state index contributed by atoms with van der Waals surface area (Å²) < 4.78 is 6.18. The molecule has 2 nitrogen and oxygen atoms in total. The van der Waals surface area contributed by atoms with Crippen LogP contribution in [0.15, 0.2) is 33.6 Å². The van der Waals surface area contributed by atoms with Gasteiger partial charge in [0.1, 0.15) is 0 Å². The van der Waals surface area contributed by atoms with Gasteiger partial charge in [-0.3, -0.25) is 0 Å². The Morgan fingerprint density at radius 2 is 2.00 bits per heavy atom. The fraction of sp³-hybridized carbons (Fsp3) is 0.538. The molecule has 96 valence electrons. The number of nitrogens with two attached hydrogens (primary N) is 1. The quantitative estimate of drug-likeness (QED) is 0.781. The van der Waals surface area contributed by atoms with E-state index in [1.807, 2.05) is 11.8 Å². The summed E-state index contributed by atoms with van der Waals surface area (Å²) in [5.74, 6) is 1.45. The van der Waals surface area contributed by atoms with E-state index < -0.39 is 0 Å². The number of hydrogen-bond acceptors (Lipinski definition) is 3. The monoisotopic (exact) mass is 317 g/mol. The highest BCUT2D eigenvalue weighted by atomic mass is 79.9. The first kappa shape index (κ1) is 15.0. The molecule has 0 aliphatic carbocycles. The molecule has 0 aromatic heterocycles. The highest BCUT2D eigenvalue weighted by Crippen LogP contribution is 2.22. The van der Waals surface area contributed by atoms with Crippen molar-refractivity contribution in [3.8, 4) is 0 Å². The summed E-state index contributed by atoms with van der Waals surface area (Å²) >= 11 is 5.24. The van der Waals surface area contributed by atoms with Crippen molar-refractivity contribution in [1.29, 1.82) is 0 Å². The highest BCUT2D eigenvalue weighted by molar-refractivity contribution is 9.10. The van der Waals surface area contributed by atoms with Gasteiger partial charge in [-0.05, 0) is 36.6 Å². The fourth-order valence-corrected chi connectivity index (χ4v) is 2.71. The zero-order chi connectivity index (χ0) is 12.7. The molecular weight excluding hydrogens is 298 g/mol. The normalized spacial score (nSPS) is 14.6. The summed E-state index contributed by atoms with van der Waals surface area (Å²) in [5.41, 5.74) is 6.15. The molecule has 0 bridgehead atoms. The summed E-state index contributed by atoms with van der Waals surface area (Å²) in [4.78, 5) is 1.27. The van der Waals surface area contributed by atoms with E-state index in [2.05, 4.69) is 47.1 Å². The Morgan fingerprint density at radius 1 is 1.35 bits per heavy atom. The van der Waals surface area contributed by atoms with Crippen molar-refractivity contribution in [2.75, 3.05) is 19.5 Å². The lowest BCUT2D eigenvalue weighted by Gasteiger charge is -2.19. The predicted octanol–water partition coefficient (Wildman–Crippen LogP) is 3.54. The second-order valence-corrected chi connectivity index (χ2v) is 6.20. The molecule has 0 radical (unpaired) electrons. The van der Waals surface area contributed by atoms with E-state index in [0.717, 1.165) is 23.3 Å². The number of ether oxygens (including phenoxy) is 1. The number of methoxy groups -OCH3 is 1. The van der Waals surface area contributed by atoms with Crippen LogP contribution in [0.4, 0.5) is 0 Å². The molecule has 0 saturated carbocycles. The van der Waals surface area contributed by atoms with Crippen LogP contribution >= 0.6 is 27.7 Å². The van der Waals surface area contributed by atoms with E-state index in [0.29, 0.717) is 5.92 Å². The van der Waals surface area contributed by atoms with E-state index in [1.165, 1.54) is 4.90 Å². The van der Waals surface area contributed by atoms with Gasteiger partial charge in [-0.2, -0.15) is 0 Å². The lowest BCUT2D eigenvalue weighted by Crippen LogP contribution is -2.31. The zero-order valence-electron chi connectivity index (χ0n) is 10.4. The Hall–Kier alpha value is -0.0300. The Morgan fingerprint density at radius 3 is 2.59 bits per heavy atom. The van der Waals surface area contributed by atoms with Crippen LogP contribution in [0.3, 0.4) is 0 Å². The van der Waals surface area contributed by atoms with Crippen LogP contribution < -0.4 is 5.73 Å². The highest BCUT2D eigenvalue weighted by Gasteiger charge is 2.12. The number of benzene rings is 1. The summed E-state index contributed by atoms with van der Waals surface area (Å²) in [6, 6.07) is 8.56. The molecule has 1 aromatic rings. The van der Waals surface area contributed by atoms with Gasteiger partial charge in [-0.25, -0.2) is 0 Å². The van der Waals surface area contributed by atoms with Crippen molar-refractivity contribution >= 4 is 27.7 Å². The average Bonchev–Trinajstić information content (AvgIpc) is 2.34. The van der Waals surface area contributed by atoms with E-state index in [4.69, 9.17) is 10.5 Å². The summed E-state index contributed by atoms with van der Waals surface area (Å²) in [6.07, 6.45) is 1.03. The van der Waals surface area contributed by atoms with Gasteiger partial charge < -0.3 is 10.5 Å². The van der Waals surface area contributed by atoms with Crippen molar-refractivity contribution in [2.24, 2.45) is 11.7 Å². The van der Waals surface area contributed by atoms with Crippen LogP contribution in [-0.2, 0) is 4.74 Å². The van der Waals surface area contributed by atoms with E-state index in [-0.39, 0.29) is 6.04 Å². The molecule has 1 rings (SSSR count). The summed E-state index contributed by atoms with van der Waals surface area (Å²) in [5, 5.41) is 0. The predicted molar refractivity (Wildman–Crippen MR) is 78.5 cm³/mol. The van der Waals surface area contributed by atoms with Gasteiger partial charge in [0.15, 0.2) is 0 Å². The van der Waals surface area contributed by atoms with Gasteiger partial charge >= 0.3 is 0 Å². The van der Waals surface area contributed by atoms with Gasteiger partial charge in [0.25, 0.3) is 0 Å². The molecule has 2 atom stereocenters. The van der Waals surface area contributed by atoms with E-state index in [9.17, 15) is 0 Å². The molecule has 4 heteroatoms. The minimum absolute atomic E-state index is 0.221. The maximum Gasteiger partial charge on any atom is 0.0465 e. The Bertz CT molecular complexity index is 318. The van der Waals surface area contributed by atoms with Gasteiger partial charge in [-0.1, -0.05) is 22.9 Å². The van der Waals surface area contributed by atoms with Crippen molar-refractivity contribution in [3.05, 3.63) is 28.7 Å². The van der Waals surface area contributed by atoms with E-state index >= 15 is 0 Å². The molecule has 0 fully saturated rings. The number of rotatable bonds is 7. The van der Waals surface area contributed by atoms with Crippen LogP contribution in [0.2, 0.25) is 0 Å². The first-order valence-corrected chi connectivity index (χ1v) is 7.54. The second-order valence-electron chi connectivity index (χ2n) is 4.19. The number of hydrogen-bond donors (Lipinski definition) is 1. The topological polar surface area (TPSA) is 35.2 Å². The first-order chi connectivity index (χ1) is 8.13. The lowest BCUT2D eigenvalue weighted by molar-refractivity contribution is 0.176. The molecule has 0 saturated heterocycles. The number of thioether (sulfide) groups is 1. The molecule has 0 amide bonds. The van der Waals surface area contributed by atoms with Crippen molar-refractivity contribution in [3.63, 3.8) is 0 Å². The fourth-order valence-electron chi connectivity index (χ4n) is 1.41. The first-order valence-electron chi connectivity index (χ1n) is 5.76. The average molecular weight is 318 g/mol. The summed E-state index contributed by atoms with van der Waals surface area (Å²) in [6.45, 7) is 2.98. The number of halogens is 1. The van der Waals surface area contributed by atoms with Crippen molar-refractivity contribution in [2.45, 2.75) is 24.3 Å². The Kier molecular flexibility index (Phi) is 7.19. The van der Waals surface area contributed by atoms with Gasteiger partial charge in [0.2, 0.25) is 0 Å². The van der Waals surface area contributed by atoms with Gasteiger partial charge in [0.05, 0.1) is 0 Å². The molecular formula is C13H20BrNOS. The maximum absolute atomic E-state index is 6.15. The van der Waals surface area contributed by atoms with Crippen LogP contribution in [0.5, 0.6) is 0 Å². The zero-order valence-corrected chi connectivity index (χ0v) is 12.8. The van der Waals surface area contributed by atoms with Gasteiger partial charge in [-0.15, -0.1) is 11.8 Å². The van der Waals surface area contributed by atoms with Crippen molar-refractivity contribution in [1.82, 2.24) is 0 Å². The smallest absolute Gasteiger partial charge is 0.0465 e. The van der Waals surface area contributed by atoms with E-state index in [1.54, 1.807) is 7.11 Å². The molecule has 17 heavy (non-hydrogen) atoms. The minimum atomic E-state index is 0.221. The molecule has 0 aliphatic heterocycles. The molecule has 0 aliphatic rings. The van der Waals surface area contributed by atoms with Crippen LogP contribution in [0.1, 0.15) is 13.3 Å². The minimum Gasteiger partial charge on any atom is -0.385 e. The van der Waals surface area contributed by atoms with Crippen LogP contribution in [0.25, 0.3) is 0 Å². The van der Waals surface area contributed by atoms with Crippen molar-refractivity contribution < 1.29 is 4.74 Å². The Labute approximate surface area is 116 Å². The molecule has 0 heterocycles. The third-order valence-corrected chi connectivity index (χ3v) is 4.45. The third-order valence-electron chi connectivity index (χ3n) is 2.76. The molecule has 1 aromatic carbocycles. The molecule has 2 unspecified atom stereocenters. The lowest BCUT2D eigenvalue weighted by atomic mass is 10.0. The van der Waals surface area contributed by atoms with Crippen LogP contribution in [-0.4, -0.2) is 25.5 Å². The molecule has 2 N–H and O–H groups in total. The van der Waals surface area contributed by atoms with Gasteiger partial charge in [0, 0.05) is 34.9 Å². The second kappa shape index (κ2) is 8.14. The SMILES string of the molecule is COCCC(C)C(N)CSc1ccc(Br)cc1. The summed E-state index contributed by atoms with van der Waals surface area (Å²) in [7, 11) is 1.73.